The van der Waals surface area contributed by atoms with Gasteiger partial charge in [-0.1, -0.05) is 13.8 Å². The highest BCUT2D eigenvalue weighted by atomic mass is 16.4. The van der Waals surface area contributed by atoms with Crippen molar-refractivity contribution in [2.45, 2.75) is 46.1 Å². The molecule has 2 fully saturated rings. The Morgan fingerprint density at radius 3 is 2.35 bits per heavy atom. The van der Waals surface area contributed by atoms with Crippen LogP contribution >= 0.6 is 0 Å². The van der Waals surface area contributed by atoms with E-state index in [1.165, 1.54) is 6.42 Å². The summed E-state index contributed by atoms with van der Waals surface area (Å²) in [5.41, 5.74) is -0.375. The summed E-state index contributed by atoms with van der Waals surface area (Å²) in [5.74, 6) is -1.60. The molecule has 1 saturated carbocycles. The molecule has 1 amide bonds. The molecule has 2 aliphatic rings. The van der Waals surface area contributed by atoms with Crippen LogP contribution in [0.1, 0.15) is 40.0 Å². The molecular formula is C13H21NO3. The van der Waals surface area contributed by atoms with Gasteiger partial charge in [0.1, 0.15) is 0 Å². The maximum absolute atomic E-state index is 12.4. The van der Waals surface area contributed by atoms with E-state index in [0.717, 1.165) is 19.4 Å². The Balaban J connectivity index is 2.08. The van der Waals surface area contributed by atoms with Gasteiger partial charge >= 0.3 is 5.97 Å². The molecule has 1 heterocycles. The lowest BCUT2D eigenvalue weighted by atomic mass is 10.0. The maximum atomic E-state index is 12.4. The van der Waals surface area contributed by atoms with Crippen molar-refractivity contribution < 1.29 is 14.7 Å². The minimum absolute atomic E-state index is 0.0506. The normalized spacial score (nSPS) is 35.5. The molecule has 2 rings (SSSR count). The number of carboxylic acid groups (broad SMARTS) is 1. The summed E-state index contributed by atoms with van der Waals surface area (Å²) in [6.45, 7) is 6.60. The van der Waals surface area contributed by atoms with E-state index in [4.69, 9.17) is 5.11 Å². The Morgan fingerprint density at radius 1 is 1.24 bits per heavy atom. The lowest BCUT2D eigenvalue weighted by Crippen LogP contribution is -2.43. The molecule has 0 spiro atoms. The van der Waals surface area contributed by atoms with E-state index in [9.17, 15) is 9.59 Å². The van der Waals surface area contributed by atoms with Crippen LogP contribution in [0.3, 0.4) is 0 Å². The standard InChI is InChI=1S/C13H21NO3/c1-8-6-4-5-7-14(8)11(15)9-10(12(16)17)13(9,2)3/h8-10H,4-7H2,1-3H3,(H,16,17). The number of rotatable bonds is 2. The van der Waals surface area contributed by atoms with Gasteiger partial charge in [-0.25, -0.2) is 0 Å². The molecule has 96 valence electrons. The van der Waals surface area contributed by atoms with Crippen molar-refractivity contribution in [3.05, 3.63) is 0 Å². The summed E-state index contributed by atoms with van der Waals surface area (Å²) in [4.78, 5) is 25.3. The van der Waals surface area contributed by atoms with Gasteiger partial charge in [-0.2, -0.15) is 0 Å². The number of piperidine rings is 1. The largest absolute Gasteiger partial charge is 0.481 e. The predicted molar refractivity (Wildman–Crippen MR) is 63.4 cm³/mol. The third kappa shape index (κ3) is 1.94. The number of nitrogens with zero attached hydrogens (tertiary/aromatic N) is 1. The molecule has 3 unspecified atom stereocenters. The third-order valence-corrected chi connectivity index (χ3v) is 4.45. The molecule has 3 atom stereocenters. The molecule has 0 aromatic heterocycles. The molecule has 1 aliphatic carbocycles. The number of likely N-dealkylation sites (tertiary alicyclic amines) is 1. The predicted octanol–water partition coefficient (Wildman–Crippen LogP) is 1.74. The third-order valence-electron chi connectivity index (χ3n) is 4.45. The molecular weight excluding hydrogens is 218 g/mol. The summed E-state index contributed by atoms with van der Waals surface area (Å²) in [6, 6.07) is 0.266. The van der Waals surface area contributed by atoms with Crippen LogP contribution < -0.4 is 0 Å². The van der Waals surface area contributed by atoms with Gasteiger partial charge < -0.3 is 10.0 Å². The smallest absolute Gasteiger partial charge is 0.307 e. The quantitative estimate of drug-likeness (QED) is 0.798. The average Bonchev–Trinajstić information content (AvgIpc) is 2.81. The van der Waals surface area contributed by atoms with Crippen LogP contribution in [0, 0.1) is 17.3 Å². The van der Waals surface area contributed by atoms with Crippen molar-refractivity contribution in [3.8, 4) is 0 Å². The zero-order chi connectivity index (χ0) is 12.8. The maximum Gasteiger partial charge on any atom is 0.307 e. The van der Waals surface area contributed by atoms with Gasteiger partial charge in [-0.05, 0) is 31.6 Å². The van der Waals surface area contributed by atoms with Gasteiger partial charge in [0.05, 0.1) is 11.8 Å². The molecule has 4 nitrogen and oxygen atoms in total. The van der Waals surface area contributed by atoms with Crippen molar-refractivity contribution in [1.82, 2.24) is 4.90 Å². The molecule has 17 heavy (non-hydrogen) atoms. The van der Waals surface area contributed by atoms with Crippen LogP contribution in [0.15, 0.2) is 0 Å². The van der Waals surface area contributed by atoms with E-state index in [1.54, 1.807) is 0 Å². The molecule has 0 bridgehead atoms. The van der Waals surface area contributed by atoms with E-state index < -0.39 is 11.9 Å². The second-order valence-electron chi connectivity index (χ2n) is 5.99. The van der Waals surface area contributed by atoms with Crippen LogP contribution in [-0.4, -0.2) is 34.5 Å². The monoisotopic (exact) mass is 239 g/mol. The molecule has 1 saturated heterocycles. The zero-order valence-corrected chi connectivity index (χ0v) is 10.8. The highest BCUT2D eigenvalue weighted by Gasteiger charge is 2.66. The van der Waals surface area contributed by atoms with Crippen molar-refractivity contribution >= 4 is 11.9 Å². The summed E-state index contributed by atoms with van der Waals surface area (Å²) in [6.07, 6.45) is 3.25. The Hall–Kier alpha value is -1.06. The van der Waals surface area contributed by atoms with Crippen molar-refractivity contribution in [3.63, 3.8) is 0 Å². The van der Waals surface area contributed by atoms with Gasteiger partial charge in [0.15, 0.2) is 0 Å². The summed E-state index contributed by atoms with van der Waals surface area (Å²) >= 11 is 0. The van der Waals surface area contributed by atoms with E-state index in [1.807, 2.05) is 18.7 Å². The van der Waals surface area contributed by atoms with Crippen LogP contribution in [0.5, 0.6) is 0 Å². The van der Waals surface area contributed by atoms with E-state index in [0.29, 0.717) is 0 Å². The van der Waals surface area contributed by atoms with Crippen molar-refractivity contribution in [1.29, 1.82) is 0 Å². The van der Waals surface area contributed by atoms with E-state index in [2.05, 4.69) is 6.92 Å². The molecule has 4 heteroatoms. The molecule has 0 radical (unpaired) electrons. The number of amides is 1. The van der Waals surface area contributed by atoms with E-state index >= 15 is 0 Å². The fourth-order valence-corrected chi connectivity index (χ4v) is 3.16. The second kappa shape index (κ2) is 4.00. The first-order chi connectivity index (χ1) is 7.87. The summed E-state index contributed by atoms with van der Waals surface area (Å²) in [7, 11) is 0. The summed E-state index contributed by atoms with van der Waals surface area (Å²) in [5, 5.41) is 9.10. The first kappa shape index (κ1) is 12.4. The second-order valence-corrected chi connectivity index (χ2v) is 5.99. The summed E-state index contributed by atoms with van der Waals surface area (Å²) < 4.78 is 0. The Morgan fingerprint density at radius 2 is 1.88 bits per heavy atom. The van der Waals surface area contributed by atoms with Crippen molar-refractivity contribution in [2.75, 3.05) is 6.54 Å². The average molecular weight is 239 g/mol. The van der Waals surface area contributed by atoms with Crippen LogP contribution in [0.25, 0.3) is 0 Å². The lowest BCUT2D eigenvalue weighted by Gasteiger charge is -2.34. The van der Waals surface area contributed by atoms with E-state index in [-0.39, 0.29) is 23.3 Å². The van der Waals surface area contributed by atoms with Gasteiger partial charge in [0, 0.05) is 12.6 Å². The Kier molecular flexibility index (Phi) is 2.92. The number of aliphatic carboxylic acids is 1. The Labute approximate surface area is 102 Å². The lowest BCUT2D eigenvalue weighted by molar-refractivity contribution is -0.143. The number of hydrogen-bond donors (Lipinski definition) is 1. The highest BCUT2D eigenvalue weighted by Crippen LogP contribution is 2.59. The fraction of sp³-hybridized carbons (Fsp3) is 0.846. The number of carbonyl (C=O) groups is 2. The van der Waals surface area contributed by atoms with Crippen LogP contribution in [0.2, 0.25) is 0 Å². The molecule has 1 aliphatic heterocycles. The number of carbonyl (C=O) groups excluding carboxylic acids is 1. The fourth-order valence-electron chi connectivity index (χ4n) is 3.16. The van der Waals surface area contributed by atoms with Gasteiger partial charge in [0.25, 0.3) is 0 Å². The molecule has 0 aromatic rings. The first-order valence-electron chi connectivity index (χ1n) is 6.40. The zero-order valence-electron chi connectivity index (χ0n) is 10.8. The first-order valence-corrected chi connectivity index (χ1v) is 6.40. The van der Waals surface area contributed by atoms with Crippen LogP contribution in [-0.2, 0) is 9.59 Å². The van der Waals surface area contributed by atoms with Crippen molar-refractivity contribution in [2.24, 2.45) is 17.3 Å². The van der Waals surface area contributed by atoms with Gasteiger partial charge in [-0.15, -0.1) is 0 Å². The number of hydrogen-bond acceptors (Lipinski definition) is 2. The highest BCUT2D eigenvalue weighted by molar-refractivity contribution is 5.91. The minimum Gasteiger partial charge on any atom is -0.481 e. The number of carboxylic acids is 1. The topological polar surface area (TPSA) is 57.6 Å². The SMILES string of the molecule is CC1CCCCN1C(=O)C1C(C(=O)O)C1(C)C. The Bertz CT molecular complexity index is 351. The minimum atomic E-state index is -0.835. The van der Waals surface area contributed by atoms with Gasteiger partial charge in [0.2, 0.25) is 5.91 Å². The molecule has 1 N–H and O–H groups in total. The van der Waals surface area contributed by atoms with Gasteiger partial charge in [-0.3, -0.25) is 9.59 Å². The van der Waals surface area contributed by atoms with Crippen LogP contribution in [0.4, 0.5) is 0 Å². The molecule has 0 aromatic carbocycles.